The molecule has 0 unspecified atom stereocenters. The Kier molecular flexibility index (Phi) is 4.04. The SMILES string of the molecule is CCCOC(=O)c1sc2nc(Cl)nc(Cl)c2c1C. The molecule has 2 aromatic rings. The maximum absolute atomic E-state index is 11.9. The summed E-state index contributed by atoms with van der Waals surface area (Å²) in [5, 5.41) is 0.991. The first-order chi connectivity index (χ1) is 8.54. The van der Waals surface area contributed by atoms with Crippen molar-refractivity contribution in [3.05, 3.63) is 20.9 Å². The molecule has 0 atom stereocenters. The van der Waals surface area contributed by atoms with Gasteiger partial charge in [0.2, 0.25) is 5.28 Å². The Morgan fingerprint density at radius 1 is 1.39 bits per heavy atom. The third-order valence-electron chi connectivity index (χ3n) is 2.34. The fraction of sp³-hybridized carbons (Fsp3) is 0.364. The second-order valence-electron chi connectivity index (χ2n) is 3.66. The Morgan fingerprint density at radius 2 is 2.11 bits per heavy atom. The minimum atomic E-state index is -0.357. The molecular weight excluding hydrogens is 295 g/mol. The highest BCUT2D eigenvalue weighted by Crippen LogP contribution is 2.34. The van der Waals surface area contributed by atoms with E-state index in [0.29, 0.717) is 21.7 Å². The van der Waals surface area contributed by atoms with Gasteiger partial charge in [0.25, 0.3) is 0 Å². The van der Waals surface area contributed by atoms with E-state index in [1.54, 1.807) is 6.92 Å². The molecule has 0 spiro atoms. The van der Waals surface area contributed by atoms with Crippen LogP contribution in [-0.2, 0) is 4.74 Å². The van der Waals surface area contributed by atoms with E-state index in [1.807, 2.05) is 6.92 Å². The molecule has 18 heavy (non-hydrogen) atoms. The van der Waals surface area contributed by atoms with Crippen molar-refractivity contribution < 1.29 is 9.53 Å². The first kappa shape index (κ1) is 13.5. The Bertz CT molecular complexity index is 613. The standard InChI is InChI=1S/C11H10Cl2N2O2S/c1-3-4-17-10(16)7-5(2)6-8(12)14-11(13)15-9(6)18-7/h3-4H2,1-2H3. The average Bonchev–Trinajstić information content (AvgIpc) is 2.63. The Balaban J connectivity index is 2.50. The highest BCUT2D eigenvalue weighted by Gasteiger charge is 2.20. The van der Waals surface area contributed by atoms with Crippen LogP contribution in [0.15, 0.2) is 0 Å². The second-order valence-corrected chi connectivity index (χ2v) is 5.35. The highest BCUT2D eigenvalue weighted by atomic mass is 35.5. The first-order valence-corrected chi connectivity index (χ1v) is 6.91. The smallest absolute Gasteiger partial charge is 0.348 e. The monoisotopic (exact) mass is 304 g/mol. The van der Waals surface area contributed by atoms with Gasteiger partial charge in [-0.3, -0.25) is 0 Å². The maximum Gasteiger partial charge on any atom is 0.348 e. The Hall–Kier alpha value is -0.910. The number of aromatic nitrogens is 2. The molecule has 0 saturated heterocycles. The summed E-state index contributed by atoms with van der Waals surface area (Å²) in [5.74, 6) is -0.357. The number of esters is 1. The number of nitrogens with zero attached hydrogens (tertiary/aromatic N) is 2. The van der Waals surface area contributed by atoms with E-state index in [9.17, 15) is 4.79 Å². The van der Waals surface area contributed by atoms with Gasteiger partial charge >= 0.3 is 5.97 Å². The predicted molar refractivity (Wildman–Crippen MR) is 72.7 cm³/mol. The van der Waals surface area contributed by atoms with Crippen molar-refractivity contribution in [2.24, 2.45) is 0 Å². The normalized spacial score (nSPS) is 10.9. The molecule has 0 N–H and O–H groups in total. The third-order valence-corrected chi connectivity index (χ3v) is 3.95. The van der Waals surface area contributed by atoms with Gasteiger partial charge in [-0.05, 0) is 30.5 Å². The van der Waals surface area contributed by atoms with Crippen LogP contribution in [0.4, 0.5) is 0 Å². The molecule has 0 aliphatic rings. The van der Waals surface area contributed by atoms with Crippen molar-refractivity contribution in [1.82, 2.24) is 9.97 Å². The molecule has 0 amide bonds. The van der Waals surface area contributed by atoms with Crippen LogP contribution < -0.4 is 0 Å². The number of rotatable bonds is 3. The molecule has 2 aromatic heterocycles. The van der Waals surface area contributed by atoms with Gasteiger partial charge in [-0.2, -0.15) is 0 Å². The van der Waals surface area contributed by atoms with Gasteiger partial charge < -0.3 is 4.74 Å². The summed E-state index contributed by atoms with van der Waals surface area (Å²) in [6.45, 7) is 4.13. The van der Waals surface area contributed by atoms with Gasteiger partial charge in [-0.1, -0.05) is 18.5 Å². The lowest BCUT2D eigenvalue weighted by Gasteiger charge is -2.01. The summed E-state index contributed by atoms with van der Waals surface area (Å²) in [5.41, 5.74) is 0.734. The minimum absolute atomic E-state index is 0.0715. The van der Waals surface area contributed by atoms with Gasteiger partial charge in [0.05, 0.1) is 12.0 Å². The van der Waals surface area contributed by atoms with E-state index in [-0.39, 0.29) is 16.4 Å². The van der Waals surface area contributed by atoms with Crippen LogP contribution in [-0.4, -0.2) is 22.5 Å². The molecule has 0 fully saturated rings. The molecule has 0 saturated carbocycles. The number of hydrogen-bond donors (Lipinski definition) is 0. The van der Waals surface area contributed by atoms with Gasteiger partial charge in [0.1, 0.15) is 14.9 Å². The fourth-order valence-electron chi connectivity index (χ4n) is 1.52. The van der Waals surface area contributed by atoms with Crippen molar-refractivity contribution in [2.75, 3.05) is 6.61 Å². The summed E-state index contributed by atoms with van der Waals surface area (Å²) >= 11 is 13.0. The van der Waals surface area contributed by atoms with Crippen molar-refractivity contribution in [1.29, 1.82) is 0 Å². The van der Waals surface area contributed by atoms with Crippen molar-refractivity contribution in [3.63, 3.8) is 0 Å². The molecule has 4 nitrogen and oxygen atoms in total. The molecule has 0 aromatic carbocycles. The van der Waals surface area contributed by atoms with Crippen molar-refractivity contribution in [2.45, 2.75) is 20.3 Å². The average molecular weight is 305 g/mol. The zero-order valence-corrected chi connectivity index (χ0v) is 12.1. The third kappa shape index (κ3) is 2.43. The van der Waals surface area contributed by atoms with E-state index in [0.717, 1.165) is 12.0 Å². The minimum Gasteiger partial charge on any atom is -0.462 e. The van der Waals surface area contributed by atoms with Gasteiger partial charge in [0, 0.05) is 0 Å². The van der Waals surface area contributed by atoms with E-state index in [4.69, 9.17) is 27.9 Å². The first-order valence-electron chi connectivity index (χ1n) is 5.33. The fourth-order valence-corrected chi connectivity index (χ4v) is 3.23. The van der Waals surface area contributed by atoms with Crippen LogP contribution in [0.25, 0.3) is 10.2 Å². The topological polar surface area (TPSA) is 52.1 Å². The van der Waals surface area contributed by atoms with Crippen LogP contribution in [0.3, 0.4) is 0 Å². The van der Waals surface area contributed by atoms with Crippen LogP contribution in [0.5, 0.6) is 0 Å². The quantitative estimate of drug-likeness (QED) is 0.490. The Labute approximate surface area is 118 Å². The molecule has 0 aliphatic heterocycles. The van der Waals surface area contributed by atoms with Gasteiger partial charge in [-0.15, -0.1) is 11.3 Å². The number of halogens is 2. The Morgan fingerprint density at radius 3 is 2.78 bits per heavy atom. The zero-order valence-electron chi connectivity index (χ0n) is 9.79. The summed E-state index contributed by atoms with van der Waals surface area (Å²) in [6.07, 6.45) is 0.780. The second kappa shape index (κ2) is 5.38. The van der Waals surface area contributed by atoms with E-state index in [2.05, 4.69) is 9.97 Å². The molecule has 2 rings (SSSR count). The summed E-state index contributed by atoms with van der Waals surface area (Å²) in [6, 6.07) is 0. The molecule has 2 heterocycles. The largest absolute Gasteiger partial charge is 0.462 e. The van der Waals surface area contributed by atoms with Crippen molar-refractivity contribution in [3.8, 4) is 0 Å². The number of fused-ring (bicyclic) bond motifs is 1. The number of carbonyl (C=O) groups is 1. The molecule has 96 valence electrons. The summed E-state index contributed by atoms with van der Waals surface area (Å²) in [7, 11) is 0. The van der Waals surface area contributed by atoms with Crippen molar-refractivity contribution >= 4 is 50.7 Å². The van der Waals surface area contributed by atoms with E-state index < -0.39 is 0 Å². The number of aryl methyl sites for hydroxylation is 1. The number of thiophene rings is 1. The number of ether oxygens (including phenoxy) is 1. The molecular formula is C11H10Cl2N2O2S. The number of carbonyl (C=O) groups excluding carboxylic acids is 1. The van der Waals surface area contributed by atoms with E-state index in [1.165, 1.54) is 11.3 Å². The lowest BCUT2D eigenvalue weighted by atomic mass is 10.2. The molecule has 0 bridgehead atoms. The van der Waals surface area contributed by atoms with E-state index >= 15 is 0 Å². The maximum atomic E-state index is 11.9. The van der Waals surface area contributed by atoms with Gasteiger partial charge in [-0.25, -0.2) is 14.8 Å². The lowest BCUT2D eigenvalue weighted by Crippen LogP contribution is -2.04. The molecule has 7 heteroatoms. The van der Waals surface area contributed by atoms with Crippen LogP contribution in [0.1, 0.15) is 28.6 Å². The summed E-state index contributed by atoms with van der Waals surface area (Å²) < 4.78 is 5.10. The summed E-state index contributed by atoms with van der Waals surface area (Å²) in [4.78, 5) is 20.9. The molecule has 0 radical (unpaired) electrons. The lowest BCUT2D eigenvalue weighted by molar-refractivity contribution is 0.0510. The van der Waals surface area contributed by atoms with Gasteiger partial charge in [0.15, 0.2) is 0 Å². The molecule has 0 aliphatic carbocycles. The van der Waals surface area contributed by atoms with Crippen LogP contribution >= 0.6 is 34.5 Å². The van der Waals surface area contributed by atoms with Crippen LogP contribution in [0.2, 0.25) is 10.4 Å². The van der Waals surface area contributed by atoms with Crippen LogP contribution in [0, 0.1) is 6.92 Å². The predicted octanol–water partition coefficient (Wildman–Crippen LogP) is 3.87. The highest BCUT2D eigenvalue weighted by molar-refractivity contribution is 7.20. The zero-order chi connectivity index (χ0) is 13.3. The number of hydrogen-bond acceptors (Lipinski definition) is 5.